The van der Waals surface area contributed by atoms with Gasteiger partial charge in [0.05, 0.1) is 11.2 Å². The van der Waals surface area contributed by atoms with Crippen LogP contribution < -0.4 is 10.0 Å². The second-order valence-corrected chi connectivity index (χ2v) is 6.55. The van der Waals surface area contributed by atoms with Gasteiger partial charge in [-0.15, -0.1) is 0 Å². The number of nitrogens with zero attached hydrogens (tertiary/aromatic N) is 2. The number of sulfonamides is 1. The summed E-state index contributed by atoms with van der Waals surface area (Å²) in [7, 11) is -1.63. The topological polar surface area (TPSA) is 91.8 Å². The number of H-pyrrole nitrogens is 1. The lowest BCUT2D eigenvalue weighted by atomic mass is 10.3. The molecule has 2 heterocycles. The Hall–Kier alpha value is -1.64. The molecular formula is C13H21N5O2S. The minimum Gasteiger partial charge on any atom is -0.352 e. The molecule has 0 atom stereocenters. The smallest absolute Gasteiger partial charge is 0.242 e. The maximum absolute atomic E-state index is 12.2. The summed E-state index contributed by atoms with van der Waals surface area (Å²) in [5, 5.41) is 3.18. The second-order valence-electron chi connectivity index (χ2n) is 4.78. The third-order valence-corrected chi connectivity index (χ3v) is 4.62. The molecule has 0 aliphatic carbocycles. The molecule has 0 saturated carbocycles. The largest absolute Gasteiger partial charge is 0.352 e. The van der Waals surface area contributed by atoms with E-state index in [1.54, 1.807) is 24.8 Å². The highest BCUT2D eigenvalue weighted by Gasteiger charge is 2.17. The molecule has 2 aromatic heterocycles. The Morgan fingerprint density at radius 3 is 2.90 bits per heavy atom. The number of nitrogens with one attached hydrogen (secondary N) is 3. The number of hydrogen-bond donors (Lipinski definition) is 3. The lowest BCUT2D eigenvalue weighted by molar-refractivity contribution is 0.581. The summed E-state index contributed by atoms with van der Waals surface area (Å²) >= 11 is 0. The van der Waals surface area contributed by atoms with E-state index in [0.29, 0.717) is 24.4 Å². The lowest BCUT2D eigenvalue weighted by Gasteiger charge is -2.03. The lowest BCUT2D eigenvalue weighted by Crippen LogP contribution is -2.25. The van der Waals surface area contributed by atoms with E-state index < -0.39 is 10.0 Å². The van der Waals surface area contributed by atoms with E-state index in [-0.39, 0.29) is 0 Å². The Morgan fingerprint density at radius 1 is 1.43 bits per heavy atom. The van der Waals surface area contributed by atoms with E-state index >= 15 is 0 Å². The molecule has 0 spiro atoms. The van der Waals surface area contributed by atoms with Crippen molar-refractivity contribution in [3.63, 3.8) is 0 Å². The summed E-state index contributed by atoms with van der Waals surface area (Å²) in [5.74, 6) is 0. The first-order valence-electron chi connectivity index (χ1n) is 6.86. The first-order valence-corrected chi connectivity index (χ1v) is 8.34. The molecule has 0 aliphatic rings. The van der Waals surface area contributed by atoms with Crippen molar-refractivity contribution in [2.75, 3.05) is 13.1 Å². The van der Waals surface area contributed by atoms with E-state index in [1.165, 1.54) is 0 Å². The summed E-state index contributed by atoms with van der Waals surface area (Å²) in [4.78, 5) is 7.13. The minimum absolute atomic E-state index is 0.294. The van der Waals surface area contributed by atoms with Crippen molar-refractivity contribution in [3.05, 3.63) is 36.2 Å². The predicted octanol–water partition coefficient (Wildman–Crippen LogP) is 0.379. The molecule has 7 nitrogen and oxygen atoms in total. The van der Waals surface area contributed by atoms with Crippen LogP contribution in [0.4, 0.5) is 0 Å². The summed E-state index contributed by atoms with van der Waals surface area (Å²) in [5.41, 5.74) is 1.84. The zero-order valence-electron chi connectivity index (χ0n) is 12.3. The zero-order valence-corrected chi connectivity index (χ0v) is 13.1. The number of imidazole rings is 1. The zero-order chi connectivity index (χ0) is 15.3. The standard InChI is InChI=1S/C13H21N5O2S/c1-3-14-8-12-6-13(9-18(12)2)21(19,20)17-5-4-11-7-15-10-16-11/h6-7,9-10,14,17H,3-5,8H2,1-2H3,(H,15,16). The highest BCUT2D eigenvalue weighted by molar-refractivity contribution is 7.89. The fraction of sp³-hybridized carbons (Fsp3) is 0.462. The summed E-state index contributed by atoms with van der Waals surface area (Å²) in [6.07, 6.45) is 5.47. The van der Waals surface area contributed by atoms with Gasteiger partial charge in [0.1, 0.15) is 0 Å². The van der Waals surface area contributed by atoms with Gasteiger partial charge in [0, 0.05) is 50.3 Å². The van der Waals surface area contributed by atoms with Crippen molar-refractivity contribution in [1.82, 2.24) is 24.6 Å². The monoisotopic (exact) mass is 311 g/mol. The van der Waals surface area contributed by atoms with Crippen LogP contribution >= 0.6 is 0 Å². The van der Waals surface area contributed by atoms with Gasteiger partial charge in [0.25, 0.3) is 0 Å². The van der Waals surface area contributed by atoms with Crippen LogP contribution in [-0.4, -0.2) is 36.0 Å². The molecule has 0 unspecified atom stereocenters. The molecule has 116 valence electrons. The van der Waals surface area contributed by atoms with Gasteiger partial charge in [0.15, 0.2) is 0 Å². The van der Waals surface area contributed by atoms with Gasteiger partial charge >= 0.3 is 0 Å². The van der Waals surface area contributed by atoms with Crippen molar-refractivity contribution >= 4 is 10.0 Å². The van der Waals surface area contributed by atoms with Crippen LogP contribution in [0.15, 0.2) is 29.7 Å². The Kier molecular flexibility index (Phi) is 5.16. The van der Waals surface area contributed by atoms with Crippen LogP contribution in [0, 0.1) is 0 Å². The van der Waals surface area contributed by atoms with E-state index in [4.69, 9.17) is 0 Å². The summed E-state index contributed by atoms with van der Waals surface area (Å²) in [6.45, 7) is 3.84. The third kappa shape index (κ3) is 4.16. The summed E-state index contributed by atoms with van der Waals surface area (Å²) in [6, 6.07) is 1.70. The van der Waals surface area contributed by atoms with Crippen LogP contribution in [0.1, 0.15) is 18.3 Å². The fourth-order valence-corrected chi connectivity index (χ4v) is 3.10. The third-order valence-electron chi connectivity index (χ3n) is 3.19. The van der Waals surface area contributed by atoms with Crippen molar-refractivity contribution in [1.29, 1.82) is 0 Å². The first kappa shape index (κ1) is 15.7. The fourth-order valence-electron chi connectivity index (χ4n) is 1.98. The molecule has 0 amide bonds. The predicted molar refractivity (Wildman–Crippen MR) is 80.3 cm³/mol. The molecule has 0 fully saturated rings. The van der Waals surface area contributed by atoms with Gasteiger partial charge in [-0.3, -0.25) is 0 Å². The molecule has 0 aliphatic heterocycles. The molecule has 2 rings (SSSR count). The molecule has 0 radical (unpaired) electrons. The van der Waals surface area contributed by atoms with Crippen molar-refractivity contribution in [2.24, 2.45) is 7.05 Å². The molecule has 21 heavy (non-hydrogen) atoms. The van der Waals surface area contributed by atoms with E-state index in [9.17, 15) is 8.42 Å². The Labute approximate surface area is 124 Å². The quantitative estimate of drug-likeness (QED) is 0.657. The molecule has 8 heteroatoms. The Bertz CT molecular complexity index is 661. The highest BCUT2D eigenvalue weighted by Crippen LogP contribution is 2.13. The van der Waals surface area contributed by atoms with Crippen LogP contribution in [0.2, 0.25) is 0 Å². The van der Waals surface area contributed by atoms with Gasteiger partial charge in [0.2, 0.25) is 10.0 Å². The number of aromatic nitrogens is 3. The normalized spacial score (nSPS) is 11.9. The SMILES string of the molecule is CCNCc1cc(S(=O)(=O)NCCc2cnc[nH]2)cn1C. The van der Waals surface area contributed by atoms with Crippen LogP contribution in [-0.2, 0) is 30.0 Å². The first-order chi connectivity index (χ1) is 10.0. The van der Waals surface area contributed by atoms with Gasteiger partial charge in [-0.25, -0.2) is 18.1 Å². The van der Waals surface area contributed by atoms with Crippen molar-refractivity contribution < 1.29 is 8.42 Å². The van der Waals surface area contributed by atoms with Crippen LogP contribution in [0.3, 0.4) is 0 Å². The average molecular weight is 311 g/mol. The van der Waals surface area contributed by atoms with Gasteiger partial charge in [-0.05, 0) is 12.6 Å². The average Bonchev–Trinajstić information content (AvgIpc) is 3.06. The second kappa shape index (κ2) is 6.88. The number of aromatic amines is 1. The summed E-state index contributed by atoms with van der Waals surface area (Å²) < 4.78 is 28.9. The molecular weight excluding hydrogens is 290 g/mol. The maximum Gasteiger partial charge on any atom is 0.242 e. The number of hydrogen-bond acceptors (Lipinski definition) is 4. The molecule has 0 saturated heterocycles. The van der Waals surface area contributed by atoms with Crippen LogP contribution in [0.5, 0.6) is 0 Å². The minimum atomic E-state index is -3.47. The molecule has 3 N–H and O–H groups in total. The number of rotatable bonds is 8. The Morgan fingerprint density at radius 2 is 2.24 bits per heavy atom. The molecule has 0 bridgehead atoms. The van der Waals surface area contributed by atoms with Gasteiger partial charge in [-0.1, -0.05) is 6.92 Å². The highest BCUT2D eigenvalue weighted by atomic mass is 32.2. The molecule has 0 aromatic carbocycles. The van der Waals surface area contributed by atoms with Crippen molar-refractivity contribution in [2.45, 2.75) is 24.8 Å². The maximum atomic E-state index is 12.2. The van der Waals surface area contributed by atoms with Gasteiger partial charge in [-0.2, -0.15) is 0 Å². The van der Waals surface area contributed by atoms with E-state index in [2.05, 4.69) is 20.0 Å². The van der Waals surface area contributed by atoms with E-state index in [1.807, 2.05) is 18.5 Å². The molecule has 2 aromatic rings. The number of aryl methyl sites for hydroxylation is 1. The Balaban J connectivity index is 1.98. The van der Waals surface area contributed by atoms with Crippen molar-refractivity contribution in [3.8, 4) is 0 Å². The van der Waals surface area contributed by atoms with Gasteiger partial charge < -0.3 is 14.9 Å². The van der Waals surface area contributed by atoms with E-state index in [0.717, 1.165) is 17.9 Å². The van der Waals surface area contributed by atoms with Crippen LogP contribution in [0.25, 0.3) is 0 Å².